The SMILES string of the molecule is COc1ccc(-c2nn(-c3ccccc3)cc2CN2CCCC(O)C2)cc1. The van der Waals surface area contributed by atoms with E-state index in [2.05, 4.69) is 23.2 Å². The van der Waals surface area contributed by atoms with Gasteiger partial charge in [0.25, 0.3) is 0 Å². The van der Waals surface area contributed by atoms with Crippen LogP contribution in [0.1, 0.15) is 18.4 Å². The van der Waals surface area contributed by atoms with Crippen molar-refractivity contribution in [1.29, 1.82) is 0 Å². The van der Waals surface area contributed by atoms with Gasteiger partial charge in [0, 0.05) is 30.4 Å². The maximum absolute atomic E-state index is 10.0. The van der Waals surface area contributed by atoms with Gasteiger partial charge in [0.15, 0.2) is 0 Å². The standard InChI is InChI=1S/C22H25N3O2/c1-27-21-11-9-17(10-12-21)22-18(14-24-13-5-8-20(26)16-24)15-25(23-22)19-6-3-2-4-7-19/h2-4,6-7,9-12,15,20,26H,5,8,13-14,16H2,1H3. The number of benzene rings is 2. The van der Waals surface area contributed by atoms with E-state index in [1.54, 1.807) is 7.11 Å². The number of hydrogen-bond acceptors (Lipinski definition) is 4. The van der Waals surface area contributed by atoms with Crippen molar-refractivity contribution < 1.29 is 9.84 Å². The van der Waals surface area contributed by atoms with Gasteiger partial charge in [0.05, 0.1) is 24.6 Å². The first kappa shape index (κ1) is 17.8. The number of methoxy groups -OCH3 is 1. The predicted octanol–water partition coefficient (Wildman–Crippen LogP) is 3.50. The molecule has 140 valence electrons. The fourth-order valence-corrected chi connectivity index (χ4v) is 3.65. The van der Waals surface area contributed by atoms with Crippen molar-refractivity contribution in [2.24, 2.45) is 0 Å². The molecule has 0 radical (unpaired) electrons. The zero-order valence-corrected chi connectivity index (χ0v) is 15.6. The molecule has 1 aromatic heterocycles. The molecule has 5 nitrogen and oxygen atoms in total. The molecule has 1 N–H and O–H groups in total. The number of nitrogens with zero attached hydrogens (tertiary/aromatic N) is 3. The van der Waals surface area contributed by atoms with Crippen LogP contribution in [0.25, 0.3) is 16.9 Å². The number of hydrogen-bond donors (Lipinski definition) is 1. The van der Waals surface area contributed by atoms with Gasteiger partial charge in [-0.2, -0.15) is 5.10 Å². The molecule has 27 heavy (non-hydrogen) atoms. The van der Waals surface area contributed by atoms with Crippen LogP contribution in [0.4, 0.5) is 0 Å². The van der Waals surface area contributed by atoms with Gasteiger partial charge >= 0.3 is 0 Å². The summed E-state index contributed by atoms with van der Waals surface area (Å²) >= 11 is 0. The van der Waals surface area contributed by atoms with E-state index in [1.807, 2.05) is 47.1 Å². The van der Waals surface area contributed by atoms with E-state index in [1.165, 1.54) is 0 Å². The quantitative estimate of drug-likeness (QED) is 0.754. The Bertz CT molecular complexity index is 874. The number of ether oxygens (including phenoxy) is 1. The van der Waals surface area contributed by atoms with Crippen molar-refractivity contribution >= 4 is 0 Å². The highest BCUT2D eigenvalue weighted by Gasteiger charge is 2.21. The summed E-state index contributed by atoms with van der Waals surface area (Å²) in [6, 6.07) is 18.2. The first-order valence-electron chi connectivity index (χ1n) is 9.42. The molecule has 3 aromatic rings. The number of rotatable bonds is 5. The van der Waals surface area contributed by atoms with Crippen molar-refractivity contribution in [2.75, 3.05) is 20.2 Å². The zero-order valence-electron chi connectivity index (χ0n) is 15.6. The van der Waals surface area contributed by atoms with Gasteiger partial charge < -0.3 is 9.84 Å². The number of likely N-dealkylation sites (tertiary alicyclic amines) is 1. The largest absolute Gasteiger partial charge is 0.497 e. The Hall–Kier alpha value is -2.63. The molecule has 2 heterocycles. The molecule has 0 bridgehead atoms. The van der Waals surface area contributed by atoms with Crippen LogP contribution < -0.4 is 4.74 Å². The minimum atomic E-state index is -0.229. The number of piperidine rings is 1. The van der Waals surface area contributed by atoms with Crippen molar-refractivity contribution in [3.05, 3.63) is 66.4 Å². The third-order valence-electron chi connectivity index (χ3n) is 5.05. The highest BCUT2D eigenvalue weighted by atomic mass is 16.5. The first-order chi connectivity index (χ1) is 13.2. The minimum absolute atomic E-state index is 0.229. The lowest BCUT2D eigenvalue weighted by Crippen LogP contribution is -2.37. The Morgan fingerprint density at radius 2 is 1.89 bits per heavy atom. The van der Waals surface area contributed by atoms with Crippen LogP contribution in [-0.4, -0.2) is 46.1 Å². The third-order valence-corrected chi connectivity index (χ3v) is 5.05. The molecule has 1 aliphatic rings. The molecule has 0 saturated carbocycles. The average molecular weight is 363 g/mol. The lowest BCUT2D eigenvalue weighted by molar-refractivity contribution is 0.0669. The van der Waals surface area contributed by atoms with Gasteiger partial charge in [0.1, 0.15) is 5.75 Å². The van der Waals surface area contributed by atoms with E-state index in [4.69, 9.17) is 9.84 Å². The molecular formula is C22H25N3O2. The molecule has 1 unspecified atom stereocenters. The second-order valence-corrected chi connectivity index (χ2v) is 7.04. The van der Waals surface area contributed by atoms with Gasteiger partial charge in [-0.1, -0.05) is 18.2 Å². The Morgan fingerprint density at radius 1 is 1.11 bits per heavy atom. The van der Waals surface area contributed by atoms with E-state index in [0.717, 1.165) is 60.7 Å². The zero-order chi connectivity index (χ0) is 18.6. The minimum Gasteiger partial charge on any atom is -0.497 e. The topological polar surface area (TPSA) is 50.5 Å². The Morgan fingerprint density at radius 3 is 2.59 bits per heavy atom. The summed E-state index contributed by atoms with van der Waals surface area (Å²) < 4.78 is 7.22. The monoisotopic (exact) mass is 363 g/mol. The lowest BCUT2D eigenvalue weighted by Gasteiger charge is -2.29. The van der Waals surface area contributed by atoms with Gasteiger partial charge in [-0.25, -0.2) is 4.68 Å². The smallest absolute Gasteiger partial charge is 0.118 e. The van der Waals surface area contributed by atoms with Crippen molar-refractivity contribution in [1.82, 2.24) is 14.7 Å². The van der Waals surface area contributed by atoms with Crippen LogP contribution in [0.2, 0.25) is 0 Å². The summed E-state index contributed by atoms with van der Waals surface area (Å²) in [6.07, 6.45) is 3.81. The van der Waals surface area contributed by atoms with Gasteiger partial charge in [-0.3, -0.25) is 4.90 Å². The van der Waals surface area contributed by atoms with E-state index in [-0.39, 0.29) is 6.10 Å². The highest BCUT2D eigenvalue weighted by molar-refractivity contribution is 5.64. The molecule has 0 aliphatic carbocycles. The van der Waals surface area contributed by atoms with Crippen molar-refractivity contribution in [3.63, 3.8) is 0 Å². The fourth-order valence-electron chi connectivity index (χ4n) is 3.65. The molecule has 1 fully saturated rings. The first-order valence-corrected chi connectivity index (χ1v) is 9.42. The van der Waals surface area contributed by atoms with Crippen LogP contribution in [0.3, 0.4) is 0 Å². The van der Waals surface area contributed by atoms with Gasteiger partial charge in [-0.15, -0.1) is 0 Å². The third kappa shape index (κ3) is 4.04. The normalized spacial score (nSPS) is 17.8. The van der Waals surface area contributed by atoms with E-state index < -0.39 is 0 Å². The van der Waals surface area contributed by atoms with Crippen LogP contribution >= 0.6 is 0 Å². The predicted molar refractivity (Wildman–Crippen MR) is 106 cm³/mol. The number of para-hydroxylation sites is 1. The highest BCUT2D eigenvalue weighted by Crippen LogP contribution is 2.27. The Balaban J connectivity index is 1.69. The molecular weight excluding hydrogens is 338 g/mol. The average Bonchev–Trinajstić information content (AvgIpc) is 3.12. The summed E-state index contributed by atoms with van der Waals surface area (Å²) in [7, 11) is 1.67. The van der Waals surface area contributed by atoms with Crippen molar-refractivity contribution in [3.8, 4) is 22.7 Å². The van der Waals surface area contributed by atoms with E-state index >= 15 is 0 Å². The number of aliphatic hydroxyl groups excluding tert-OH is 1. The van der Waals surface area contributed by atoms with Gasteiger partial charge in [0.2, 0.25) is 0 Å². The Labute approximate surface area is 159 Å². The van der Waals surface area contributed by atoms with Crippen LogP contribution in [-0.2, 0) is 6.54 Å². The van der Waals surface area contributed by atoms with Crippen LogP contribution in [0.5, 0.6) is 5.75 Å². The molecule has 1 saturated heterocycles. The second kappa shape index (κ2) is 7.94. The summed E-state index contributed by atoms with van der Waals surface area (Å²) in [5.74, 6) is 0.835. The Kier molecular flexibility index (Phi) is 5.23. The summed E-state index contributed by atoms with van der Waals surface area (Å²) in [4.78, 5) is 2.31. The van der Waals surface area contributed by atoms with E-state index in [9.17, 15) is 5.11 Å². The van der Waals surface area contributed by atoms with Gasteiger partial charge in [-0.05, 0) is 55.8 Å². The lowest BCUT2D eigenvalue weighted by atomic mass is 10.0. The fraction of sp³-hybridized carbons (Fsp3) is 0.318. The molecule has 1 aliphatic heterocycles. The van der Waals surface area contributed by atoms with Crippen molar-refractivity contribution in [2.45, 2.75) is 25.5 Å². The molecule has 0 spiro atoms. The molecule has 5 heteroatoms. The second-order valence-electron chi connectivity index (χ2n) is 7.04. The number of β-amino-alcohol motifs (C(OH)–C–C–N with tert-alkyl or cyclic N) is 1. The maximum Gasteiger partial charge on any atom is 0.118 e. The molecule has 4 rings (SSSR count). The maximum atomic E-state index is 10.0. The summed E-state index contributed by atoms with van der Waals surface area (Å²) in [5.41, 5.74) is 4.25. The number of aliphatic hydroxyl groups is 1. The van der Waals surface area contributed by atoms with Crippen LogP contribution in [0.15, 0.2) is 60.8 Å². The summed E-state index contributed by atoms with van der Waals surface area (Å²) in [5, 5.41) is 14.9. The molecule has 0 amide bonds. The van der Waals surface area contributed by atoms with E-state index in [0.29, 0.717) is 0 Å². The summed E-state index contributed by atoms with van der Waals surface area (Å²) in [6.45, 7) is 2.51. The number of aromatic nitrogens is 2. The molecule has 2 aromatic carbocycles. The molecule has 1 atom stereocenters. The van der Waals surface area contributed by atoms with Crippen LogP contribution in [0, 0.1) is 0 Å².